The van der Waals surface area contributed by atoms with Gasteiger partial charge >= 0.3 is 5.97 Å². The van der Waals surface area contributed by atoms with Gasteiger partial charge in [0.2, 0.25) is 0 Å². The number of benzene rings is 2. The van der Waals surface area contributed by atoms with Crippen LogP contribution >= 0.6 is 11.6 Å². The molecule has 1 aliphatic heterocycles. The van der Waals surface area contributed by atoms with Gasteiger partial charge in [-0.15, -0.1) is 0 Å². The minimum Gasteiger partial charge on any atom is -0.463 e. The molecular formula is C26H25ClFNO4. The summed E-state index contributed by atoms with van der Waals surface area (Å²) in [6.45, 7) is 2.05. The second kappa shape index (κ2) is 9.98. The van der Waals surface area contributed by atoms with Crippen LogP contribution in [0.2, 0.25) is 5.02 Å². The van der Waals surface area contributed by atoms with Gasteiger partial charge in [-0.05, 0) is 48.6 Å². The van der Waals surface area contributed by atoms with Crippen molar-refractivity contribution < 1.29 is 23.5 Å². The van der Waals surface area contributed by atoms with Crippen molar-refractivity contribution >= 4 is 29.1 Å². The fourth-order valence-corrected chi connectivity index (χ4v) is 4.84. The van der Waals surface area contributed by atoms with E-state index in [1.165, 1.54) is 13.2 Å². The molecule has 2 aliphatic rings. The molecular weight excluding hydrogens is 445 g/mol. The Balaban J connectivity index is 1.76. The molecule has 0 bridgehead atoms. The Hall–Kier alpha value is -2.83. The molecule has 0 N–H and O–H groups in total. The number of hydrogen-bond donors (Lipinski definition) is 0. The molecule has 33 heavy (non-hydrogen) atoms. The van der Waals surface area contributed by atoms with Gasteiger partial charge in [-0.25, -0.2) is 4.39 Å². The fraction of sp³-hybridized carbons (Fsp3) is 0.346. The summed E-state index contributed by atoms with van der Waals surface area (Å²) in [7, 11) is 1.51. The number of ether oxygens (including phenoxy) is 2. The lowest BCUT2D eigenvalue weighted by atomic mass is 9.69. The minimum absolute atomic E-state index is 0.0588. The number of Topliss-reactive ketones (excluding diaryl/α,β-unsaturated/α-hetero) is 1. The third-order valence-electron chi connectivity index (χ3n) is 6.26. The quantitative estimate of drug-likeness (QED) is 0.428. The van der Waals surface area contributed by atoms with Crippen molar-refractivity contribution in [3.05, 3.63) is 81.8 Å². The van der Waals surface area contributed by atoms with Crippen LogP contribution in [0.3, 0.4) is 0 Å². The maximum absolute atomic E-state index is 15.0. The van der Waals surface area contributed by atoms with E-state index in [0.29, 0.717) is 34.0 Å². The Morgan fingerprint density at radius 3 is 2.55 bits per heavy atom. The Labute approximate surface area is 197 Å². The smallest absolute Gasteiger partial charge is 0.315 e. The van der Waals surface area contributed by atoms with Crippen molar-refractivity contribution in [1.82, 2.24) is 0 Å². The summed E-state index contributed by atoms with van der Waals surface area (Å²) in [5.41, 5.74) is 2.82. The van der Waals surface area contributed by atoms with E-state index in [-0.39, 0.29) is 31.3 Å². The fourth-order valence-electron chi connectivity index (χ4n) is 4.71. The maximum Gasteiger partial charge on any atom is 0.315 e. The van der Waals surface area contributed by atoms with Crippen LogP contribution in [0.15, 0.2) is 64.8 Å². The number of hydrogen-bond acceptors (Lipinski definition) is 5. The molecule has 3 atom stereocenters. The van der Waals surface area contributed by atoms with Gasteiger partial charge in [0.05, 0.1) is 6.61 Å². The van der Waals surface area contributed by atoms with Crippen molar-refractivity contribution in [3.63, 3.8) is 0 Å². The summed E-state index contributed by atoms with van der Waals surface area (Å²) in [5, 5.41) is 0.627. The molecule has 4 rings (SSSR count). The van der Waals surface area contributed by atoms with Crippen molar-refractivity contribution in [2.75, 3.05) is 20.3 Å². The van der Waals surface area contributed by atoms with E-state index in [4.69, 9.17) is 21.1 Å². The SMILES string of the molecule is COCCOC(=O)C1C(C)=NC2=C(C(=O)CC(c3ccc(Cl)cc3)C2)C1c1ccccc1F. The molecule has 3 unspecified atom stereocenters. The van der Waals surface area contributed by atoms with Crippen LogP contribution in [0.25, 0.3) is 0 Å². The number of carbonyl (C=O) groups is 2. The maximum atomic E-state index is 15.0. The highest BCUT2D eigenvalue weighted by molar-refractivity contribution is 6.30. The zero-order valence-corrected chi connectivity index (χ0v) is 19.3. The highest BCUT2D eigenvalue weighted by atomic mass is 35.5. The molecule has 1 heterocycles. The van der Waals surface area contributed by atoms with Gasteiger partial charge in [0, 0.05) is 41.5 Å². The minimum atomic E-state index is -0.881. The first kappa shape index (κ1) is 23.3. The number of aliphatic imine (C=N–C) groups is 1. The summed E-state index contributed by atoms with van der Waals surface area (Å²) in [4.78, 5) is 31.2. The van der Waals surface area contributed by atoms with Crippen molar-refractivity contribution in [3.8, 4) is 0 Å². The third-order valence-corrected chi connectivity index (χ3v) is 6.51. The van der Waals surface area contributed by atoms with Crippen LogP contribution in [-0.4, -0.2) is 37.8 Å². The summed E-state index contributed by atoms with van der Waals surface area (Å²) >= 11 is 6.02. The summed E-state index contributed by atoms with van der Waals surface area (Å²) < 4.78 is 25.3. The molecule has 1 aliphatic carbocycles. The number of rotatable bonds is 6. The first-order chi connectivity index (χ1) is 15.9. The van der Waals surface area contributed by atoms with Crippen molar-refractivity contribution in [2.45, 2.75) is 31.6 Å². The topological polar surface area (TPSA) is 65.0 Å². The Morgan fingerprint density at radius 1 is 1.12 bits per heavy atom. The predicted molar refractivity (Wildman–Crippen MR) is 124 cm³/mol. The van der Waals surface area contributed by atoms with Gasteiger partial charge in [-0.1, -0.05) is 41.9 Å². The van der Waals surface area contributed by atoms with Gasteiger partial charge in [0.15, 0.2) is 5.78 Å². The monoisotopic (exact) mass is 469 g/mol. The summed E-state index contributed by atoms with van der Waals surface area (Å²) in [6, 6.07) is 13.7. The molecule has 5 nitrogen and oxygen atoms in total. The number of nitrogens with zero attached hydrogens (tertiary/aromatic N) is 1. The molecule has 172 valence electrons. The predicted octanol–water partition coefficient (Wildman–Crippen LogP) is 5.24. The normalized spacial score (nSPS) is 22.6. The lowest BCUT2D eigenvalue weighted by Gasteiger charge is -2.36. The zero-order valence-electron chi connectivity index (χ0n) is 18.5. The van der Waals surface area contributed by atoms with Gasteiger partial charge < -0.3 is 9.47 Å². The van der Waals surface area contributed by atoms with E-state index in [1.54, 1.807) is 37.3 Å². The van der Waals surface area contributed by atoms with Gasteiger partial charge in [-0.2, -0.15) is 0 Å². The van der Waals surface area contributed by atoms with Crippen LogP contribution < -0.4 is 0 Å². The lowest BCUT2D eigenvalue weighted by Crippen LogP contribution is -2.38. The van der Waals surface area contributed by atoms with E-state index < -0.39 is 23.6 Å². The molecule has 0 aromatic heterocycles. The molecule has 7 heteroatoms. The third kappa shape index (κ3) is 4.77. The highest BCUT2D eigenvalue weighted by Crippen LogP contribution is 2.47. The molecule has 0 saturated heterocycles. The number of carbonyl (C=O) groups excluding carboxylic acids is 2. The van der Waals surface area contributed by atoms with Gasteiger partial charge in [0.25, 0.3) is 0 Å². The highest BCUT2D eigenvalue weighted by Gasteiger charge is 2.45. The number of allylic oxidation sites excluding steroid dienone is 2. The molecule has 0 radical (unpaired) electrons. The molecule has 2 aromatic carbocycles. The Kier molecular flexibility index (Phi) is 7.05. The van der Waals surface area contributed by atoms with Crippen LogP contribution in [0.5, 0.6) is 0 Å². The van der Waals surface area contributed by atoms with Gasteiger partial charge in [0.1, 0.15) is 18.3 Å². The summed E-state index contributed by atoms with van der Waals surface area (Å²) in [6.07, 6.45) is 0.780. The largest absolute Gasteiger partial charge is 0.463 e. The molecule has 0 amide bonds. The Morgan fingerprint density at radius 2 is 1.85 bits per heavy atom. The average molecular weight is 470 g/mol. The van der Waals surface area contributed by atoms with E-state index in [1.807, 2.05) is 12.1 Å². The van der Waals surface area contributed by atoms with E-state index in [2.05, 4.69) is 4.99 Å². The van der Waals surface area contributed by atoms with Gasteiger partial charge in [-0.3, -0.25) is 14.6 Å². The molecule has 0 fully saturated rings. The number of esters is 1. The zero-order chi connectivity index (χ0) is 23.5. The summed E-state index contributed by atoms with van der Waals surface area (Å²) in [5.74, 6) is -2.86. The van der Waals surface area contributed by atoms with Crippen LogP contribution in [0, 0.1) is 11.7 Å². The first-order valence-corrected chi connectivity index (χ1v) is 11.3. The number of ketones is 1. The van der Waals surface area contributed by atoms with E-state index in [0.717, 1.165) is 5.56 Å². The second-order valence-electron chi connectivity index (χ2n) is 8.33. The standard InChI is InChI=1S/C26H25ClFNO4/c1-15-23(26(31)33-12-11-32-2)24(19-5-3-4-6-20(19)28)25-21(29-15)13-17(14-22(25)30)16-7-9-18(27)10-8-16/h3-10,17,23-24H,11-14H2,1-2H3. The van der Waals surface area contributed by atoms with Crippen LogP contribution in [0.1, 0.15) is 42.7 Å². The molecule has 2 aromatic rings. The first-order valence-electron chi connectivity index (χ1n) is 10.9. The average Bonchev–Trinajstić information content (AvgIpc) is 2.79. The van der Waals surface area contributed by atoms with Crippen molar-refractivity contribution in [2.24, 2.45) is 10.9 Å². The Bertz CT molecular complexity index is 1130. The van der Waals surface area contributed by atoms with Crippen LogP contribution in [-0.2, 0) is 19.1 Å². The van der Waals surface area contributed by atoms with E-state index in [9.17, 15) is 14.0 Å². The number of methoxy groups -OCH3 is 1. The van der Waals surface area contributed by atoms with Crippen molar-refractivity contribution in [1.29, 1.82) is 0 Å². The number of halogens is 2. The molecule has 0 saturated carbocycles. The molecule has 0 spiro atoms. The lowest BCUT2D eigenvalue weighted by molar-refractivity contribution is -0.147. The second-order valence-corrected chi connectivity index (χ2v) is 8.77. The van der Waals surface area contributed by atoms with E-state index >= 15 is 0 Å². The van der Waals surface area contributed by atoms with Crippen LogP contribution in [0.4, 0.5) is 4.39 Å².